The number of amides is 8. The van der Waals surface area contributed by atoms with E-state index in [9.17, 15) is 39.0 Å². The molecule has 30 nitrogen and oxygen atoms in total. The van der Waals surface area contributed by atoms with Gasteiger partial charge in [0.15, 0.2) is 0 Å². The van der Waals surface area contributed by atoms with Crippen LogP contribution in [0.5, 0.6) is 11.5 Å². The standard InChI is InChI=1S/C78H88N16O14/c1-47(79-3)69(95)85-67(53-21-13-7-14-22-53)75(101)91-43-57-39-65(91)73(99)81-61(35-29-49-17-9-5-10-18-49)71(97)83-63(77(103)104)37-51-27-33-60(34-28-51)108-46-56-42-94(90-88-56)58-40-66(92(44-58)76(102)68(54-23-15-8-16-24-54)86-70(96)48(2)80-4)74(100)82-62(36-30-50-19-11-6-12-20-50)72(98)84-64(78(105)106)38-52-25-31-59(32-26-52)107-45-55-41-93(57)89-87-55/h5-28,31-34,41-42,47-48,57-58,61-68,79-80H,29-30,35-40,43-46H2,1-4H3,(H,81,99)(H,82,100)(H,83,97)(H,84,98)(H,85,95)(H,86,96)(H,103,104)(H,105,106)/t47-,48-,57-,58-,61-,62-,63-,64-,65-,66-,67?,68?/m0/s1. The van der Waals surface area contributed by atoms with Crippen LogP contribution in [0.15, 0.2) is 182 Å². The summed E-state index contributed by atoms with van der Waals surface area (Å²) in [5.41, 5.74) is 4.19. The second-order valence-corrected chi connectivity index (χ2v) is 27.1. The van der Waals surface area contributed by atoms with Gasteiger partial charge in [0.25, 0.3) is 11.8 Å². The van der Waals surface area contributed by atoms with E-state index < -0.39 is 132 Å². The minimum absolute atomic E-state index is 0.0122. The first kappa shape index (κ1) is 76.9. The topological polar surface area (TPSA) is 394 Å². The summed E-state index contributed by atoms with van der Waals surface area (Å²) >= 11 is 0. The Balaban J connectivity index is 0.905. The largest absolute Gasteiger partial charge is 0.487 e. The van der Waals surface area contributed by atoms with Crippen molar-refractivity contribution in [2.24, 2.45) is 0 Å². The van der Waals surface area contributed by atoms with Crippen molar-refractivity contribution in [1.82, 2.24) is 82.3 Å². The highest BCUT2D eigenvalue weighted by Gasteiger charge is 2.47. The first-order chi connectivity index (χ1) is 52.2. The average molecular weight is 1470 g/mol. The first-order valence-corrected chi connectivity index (χ1v) is 35.8. The number of ether oxygens (including phenoxy) is 2. The molecule has 8 aromatic rings. The molecule has 2 unspecified atom stereocenters. The molecule has 564 valence electrons. The number of hydrogen-bond donors (Lipinski definition) is 10. The van der Waals surface area contributed by atoms with Crippen molar-refractivity contribution in [3.8, 4) is 11.5 Å². The van der Waals surface area contributed by atoms with Gasteiger partial charge < -0.3 is 72.0 Å². The molecule has 6 aliphatic rings. The Morgan fingerprint density at radius 2 is 0.833 bits per heavy atom. The third kappa shape index (κ3) is 19.8. The summed E-state index contributed by atoms with van der Waals surface area (Å²) in [6, 6.07) is 34.8. The molecule has 10 N–H and O–H groups in total. The van der Waals surface area contributed by atoms with Crippen LogP contribution in [0.3, 0.4) is 0 Å². The number of carboxylic acid groups (broad SMARTS) is 2. The van der Waals surface area contributed by atoms with Crippen molar-refractivity contribution in [2.75, 3.05) is 27.2 Å². The number of nitrogens with one attached hydrogen (secondary N) is 8. The second kappa shape index (κ2) is 36.2. The highest BCUT2D eigenvalue weighted by Crippen LogP contribution is 2.34. The summed E-state index contributed by atoms with van der Waals surface area (Å²) < 4.78 is 15.3. The van der Waals surface area contributed by atoms with Gasteiger partial charge in [-0.25, -0.2) is 19.0 Å². The predicted molar refractivity (Wildman–Crippen MR) is 392 cm³/mol. The van der Waals surface area contributed by atoms with Crippen molar-refractivity contribution in [1.29, 1.82) is 0 Å². The predicted octanol–water partition coefficient (Wildman–Crippen LogP) is 3.42. The summed E-state index contributed by atoms with van der Waals surface area (Å²) in [5, 5.41) is 61.6. The molecule has 8 heterocycles. The first-order valence-electron chi connectivity index (χ1n) is 35.8. The smallest absolute Gasteiger partial charge is 0.326 e. The molecule has 6 aliphatic heterocycles. The van der Waals surface area contributed by atoms with Gasteiger partial charge in [0.1, 0.15) is 84.4 Å². The fourth-order valence-corrected chi connectivity index (χ4v) is 13.3. The fraction of sp³-hybridized carbons (Fsp3) is 0.359. The van der Waals surface area contributed by atoms with E-state index >= 15 is 19.2 Å². The van der Waals surface area contributed by atoms with Crippen molar-refractivity contribution in [3.05, 3.63) is 227 Å². The Labute approximate surface area is 623 Å². The number of aromatic nitrogens is 6. The highest BCUT2D eigenvalue weighted by atomic mass is 16.5. The lowest BCUT2D eigenvalue weighted by Gasteiger charge is -2.30. The number of aryl methyl sites for hydroxylation is 2. The van der Waals surface area contributed by atoms with Crippen LogP contribution in [0.1, 0.15) is 108 Å². The number of aliphatic carboxylic acids is 2. The van der Waals surface area contributed by atoms with Gasteiger partial charge in [0.05, 0.1) is 36.6 Å². The maximum Gasteiger partial charge on any atom is 0.326 e. The molecule has 2 fully saturated rings. The van der Waals surface area contributed by atoms with Gasteiger partial charge in [-0.3, -0.25) is 38.4 Å². The number of rotatable bonds is 18. The summed E-state index contributed by atoms with van der Waals surface area (Å²) in [5.74, 6) is -7.35. The number of likely N-dealkylation sites (N-methyl/N-ethyl adjacent to an activating group) is 2. The molecule has 2 saturated heterocycles. The third-order valence-electron chi connectivity index (χ3n) is 19.7. The van der Waals surface area contributed by atoms with E-state index in [1.165, 1.54) is 19.2 Å². The molecule has 0 saturated carbocycles. The lowest BCUT2D eigenvalue weighted by molar-refractivity contribution is -0.143. The van der Waals surface area contributed by atoms with Crippen LogP contribution in [0.4, 0.5) is 0 Å². The van der Waals surface area contributed by atoms with E-state index in [4.69, 9.17) is 9.47 Å². The number of hydrogen-bond acceptors (Lipinski definition) is 18. The van der Waals surface area contributed by atoms with E-state index in [0.29, 0.717) is 45.1 Å². The van der Waals surface area contributed by atoms with Gasteiger partial charge in [-0.05, 0) is 111 Å². The molecule has 14 rings (SSSR count). The molecular weight excluding hydrogens is 1380 g/mol. The van der Waals surface area contributed by atoms with Gasteiger partial charge in [-0.2, -0.15) is 0 Å². The lowest BCUT2D eigenvalue weighted by Crippen LogP contribution is -2.56. The van der Waals surface area contributed by atoms with Crippen molar-refractivity contribution < 1.29 is 67.6 Å². The Morgan fingerprint density at radius 1 is 0.481 bits per heavy atom. The SMILES string of the molecule is CN[C@@H](C)C(=O)NC(C(=O)N1C[C@@H]2C[C@H]1C(=O)N[C@@H](CCc1ccccc1)C(=O)N[C@H](C(=O)O)Cc1ccc(cc1)OCc1cn(nn1)[C@H]1C[C@@H](C(=O)N[C@@H](CCc3ccccc3)C(=O)N[C@H](C(=O)O)Cc3ccc(cc3)OCc3cn2nn3)N(C(=O)C(NC(=O)[C@H](C)NC)c2ccccc2)C1)c1ccccc1. The minimum atomic E-state index is -1.50. The van der Waals surface area contributed by atoms with Crippen molar-refractivity contribution in [3.63, 3.8) is 0 Å². The van der Waals surface area contributed by atoms with Crippen LogP contribution in [0.2, 0.25) is 0 Å². The van der Waals surface area contributed by atoms with E-state index in [-0.39, 0.29) is 77.7 Å². The quantitative estimate of drug-likeness (QED) is 0.0588. The molecule has 0 aliphatic carbocycles. The second-order valence-electron chi connectivity index (χ2n) is 27.1. The van der Waals surface area contributed by atoms with E-state index in [1.807, 2.05) is 60.7 Å². The molecular formula is C78H88N16O14. The average Bonchev–Trinajstić information content (AvgIpc) is 1.63. The third-order valence-corrected chi connectivity index (χ3v) is 19.7. The van der Waals surface area contributed by atoms with Crippen molar-refractivity contribution in [2.45, 2.75) is 151 Å². The maximum atomic E-state index is 15.2. The molecule has 6 aromatic carbocycles. The molecule has 0 radical (unpaired) electrons. The van der Waals surface area contributed by atoms with E-state index in [2.05, 4.69) is 63.2 Å². The highest BCUT2D eigenvalue weighted by molar-refractivity contribution is 5.98. The Kier molecular flexibility index (Phi) is 25.8. The number of likely N-dealkylation sites (tertiary alicyclic amines) is 2. The Bertz CT molecular complexity index is 4160. The zero-order chi connectivity index (χ0) is 76.4. The minimum Gasteiger partial charge on any atom is -0.487 e. The summed E-state index contributed by atoms with van der Waals surface area (Å²) in [4.78, 5) is 146. The number of nitrogens with zero attached hydrogens (tertiary/aromatic N) is 8. The normalized spacial score (nSPS) is 21.3. The number of carboxylic acids is 2. The van der Waals surface area contributed by atoms with Gasteiger partial charge >= 0.3 is 11.9 Å². The zero-order valence-corrected chi connectivity index (χ0v) is 60.1. The zero-order valence-electron chi connectivity index (χ0n) is 60.1. The number of carbonyl (C=O) groups excluding carboxylic acids is 8. The van der Waals surface area contributed by atoms with Crippen LogP contribution >= 0.6 is 0 Å². The van der Waals surface area contributed by atoms with E-state index in [0.717, 1.165) is 11.1 Å². The van der Waals surface area contributed by atoms with Gasteiger partial charge in [-0.15, -0.1) is 10.2 Å². The van der Waals surface area contributed by atoms with Gasteiger partial charge in [0.2, 0.25) is 35.4 Å². The molecule has 12 bridgehead atoms. The number of carbonyl (C=O) groups is 10. The lowest BCUT2D eigenvalue weighted by atomic mass is 10.0. The van der Waals surface area contributed by atoms with Crippen LogP contribution in [0, 0.1) is 0 Å². The molecule has 2 aromatic heterocycles. The Morgan fingerprint density at radius 3 is 1.18 bits per heavy atom. The number of benzene rings is 6. The fourth-order valence-electron chi connectivity index (χ4n) is 13.3. The molecule has 12 atom stereocenters. The molecule has 108 heavy (non-hydrogen) atoms. The van der Waals surface area contributed by atoms with Gasteiger partial charge in [-0.1, -0.05) is 156 Å². The Hall–Kier alpha value is -12.2. The van der Waals surface area contributed by atoms with Crippen molar-refractivity contribution >= 4 is 59.2 Å². The van der Waals surface area contributed by atoms with E-state index in [1.54, 1.807) is 150 Å². The summed E-state index contributed by atoms with van der Waals surface area (Å²) in [6.07, 6.45) is 3.30. The maximum absolute atomic E-state index is 15.2. The molecule has 0 spiro atoms. The molecule has 8 amide bonds. The van der Waals surface area contributed by atoms with Gasteiger partial charge in [0, 0.05) is 38.8 Å². The monoisotopic (exact) mass is 1470 g/mol. The van der Waals surface area contributed by atoms with Crippen LogP contribution in [0.25, 0.3) is 0 Å². The summed E-state index contributed by atoms with van der Waals surface area (Å²) in [7, 11) is 3.20. The van der Waals surface area contributed by atoms with Crippen LogP contribution < -0.4 is 52.0 Å². The van der Waals surface area contributed by atoms with Crippen LogP contribution in [-0.4, -0.2) is 185 Å². The summed E-state index contributed by atoms with van der Waals surface area (Å²) in [6.45, 7) is 2.78. The van der Waals surface area contributed by atoms with Crippen LogP contribution in [-0.2, 0) is 86.8 Å². The molecule has 30 heteroatoms.